The van der Waals surface area contributed by atoms with Crippen molar-refractivity contribution in [2.75, 3.05) is 13.7 Å². The predicted octanol–water partition coefficient (Wildman–Crippen LogP) is 5.06. The number of alkyl halides is 1. The maximum absolute atomic E-state index is 6.24. The minimum absolute atomic E-state index is 0.557. The lowest BCUT2D eigenvalue weighted by Crippen LogP contribution is -2.11. The second kappa shape index (κ2) is 7.90. The molecular formula is C14H20BrClO2. The monoisotopic (exact) mass is 334 g/mol. The third-order valence-corrected chi connectivity index (χ3v) is 3.99. The van der Waals surface area contributed by atoms with Crippen molar-refractivity contribution in [3.63, 3.8) is 0 Å². The molecule has 0 radical (unpaired) electrons. The zero-order valence-electron chi connectivity index (χ0n) is 11.1. The van der Waals surface area contributed by atoms with Crippen molar-refractivity contribution in [3.8, 4) is 11.5 Å². The Bertz CT molecular complexity index is 378. The highest BCUT2D eigenvalue weighted by molar-refractivity contribution is 9.08. The summed E-state index contributed by atoms with van der Waals surface area (Å²) < 4.78 is 11.2. The van der Waals surface area contributed by atoms with Crippen molar-refractivity contribution >= 4 is 27.5 Å². The summed E-state index contributed by atoms with van der Waals surface area (Å²) in [5.74, 6) is 1.90. The topological polar surface area (TPSA) is 18.5 Å². The molecule has 0 aromatic heterocycles. The average Bonchev–Trinajstić information content (AvgIpc) is 2.40. The van der Waals surface area contributed by atoms with Crippen LogP contribution < -0.4 is 9.47 Å². The summed E-state index contributed by atoms with van der Waals surface area (Å²) in [4.78, 5) is 0. The number of methoxy groups -OCH3 is 1. The number of ether oxygens (including phenoxy) is 2. The van der Waals surface area contributed by atoms with Crippen LogP contribution in [0.2, 0.25) is 5.02 Å². The van der Waals surface area contributed by atoms with Gasteiger partial charge in [0.05, 0.1) is 18.7 Å². The second-order valence-corrected chi connectivity index (χ2v) is 5.20. The van der Waals surface area contributed by atoms with Crippen molar-refractivity contribution < 1.29 is 9.47 Å². The van der Waals surface area contributed by atoms with E-state index >= 15 is 0 Å². The minimum atomic E-state index is 0.557. The number of rotatable bonds is 7. The Morgan fingerprint density at radius 2 is 1.94 bits per heavy atom. The highest BCUT2D eigenvalue weighted by Crippen LogP contribution is 2.37. The summed E-state index contributed by atoms with van der Waals surface area (Å²) in [6.07, 6.45) is 2.21. The van der Waals surface area contributed by atoms with Crippen molar-refractivity contribution in [1.82, 2.24) is 0 Å². The zero-order chi connectivity index (χ0) is 13.5. The summed E-state index contributed by atoms with van der Waals surface area (Å²) in [6.45, 7) is 5.02. The molecule has 0 bridgehead atoms. The van der Waals surface area contributed by atoms with E-state index in [1.54, 1.807) is 7.11 Å². The Morgan fingerprint density at radius 1 is 1.28 bits per heavy atom. The van der Waals surface area contributed by atoms with E-state index in [1.165, 1.54) is 0 Å². The maximum atomic E-state index is 6.24. The van der Waals surface area contributed by atoms with Crippen LogP contribution in [0.25, 0.3) is 0 Å². The molecule has 2 nitrogen and oxygen atoms in total. The molecule has 1 aromatic carbocycles. The SMILES string of the molecule is CCC(CC)COc1c(Cl)cc(CBr)cc1OC. The van der Waals surface area contributed by atoms with Crippen molar-refractivity contribution in [3.05, 3.63) is 22.7 Å². The lowest BCUT2D eigenvalue weighted by atomic mass is 10.1. The first-order valence-corrected chi connectivity index (χ1v) is 7.71. The summed E-state index contributed by atoms with van der Waals surface area (Å²) in [7, 11) is 1.63. The molecule has 0 unspecified atom stereocenters. The van der Waals surface area contributed by atoms with Gasteiger partial charge in [0, 0.05) is 5.33 Å². The molecule has 102 valence electrons. The van der Waals surface area contributed by atoms with Gasteiger partial charge in [-0.1, -0.05) is 54.2 Å². The van der Waals surface area contributed by atoms with E-state index in [2.05, 4.69) is 29.8 Å². The largest absolute Gasteiger partial charge is 0.493 e. The Hall–Kier alpha value is -0.410. The molecule has 0 aliphatic rings. The van der Waals surface area contributed by atoms with E-state index in [1.807, 2.05) is 12.1 Å². The van der Waals surface area contributed by atoms with Gasteiger partial charge in [0.25, 0.3) is 0 Å². The average molecular weight is 336 g/mol. The van der Waals surface area contributed by atoms with Crippen LogP contribution in [-0.2, 0) is 5.33 Å². The van der Waals surface area contributed by atoms with Gasteiger partial charge in [0.2, 0.25) is 0 Å². The first-order chi connectivity index (χ1) is 8.65. The molecule has 1 aromatic rings. The highest BCUT2D eigenvalue weighted by Gasteiger charge is 2.13. The van der Waals surface area contributed by atoms with Gasteiger partial charge in [-0.05, 0) is 23.6 Å². The molecule has 18 heavy (non-hydrogen) atoms. The molecule has 0 amide bonds. The first kappa shape index (κ1) is 15.6. The van der Waals surface area contributed by atoms with Gasteiger partial charge in [0.1, 0.15) is 0 Å². The van der Waals surface area contributed by atoms with Gasteiger partial charge < -0.3 is 9.47 Å². The molecule has 0 N–H and O–H groups in total. The molecule has 0 heterocycles. The standard InChI is InChI=1S/C14H20BrClO2/c1-4-10(5-2)9-18-14-12(16)6-11(8-15)7-13(14)17-3/h6-7,10H,4-5,8-9H2,1-3H3. The molecular weight excluding hydrogens is 316 g/mol. The van der Waals surface area contributed by atoms with Crippen LogP contribution in [0.3, 0.4) is 0 Å². The van der Waals surface area contributed by atoms with Gasteiger partial charge in [-0.2, -0.15) is 0 Å². The number of hydrogen-bond donors (Lipinski definition) is 0. The van der Waals surface area contributed by atoms with Crippen molar-refractivity contribution in [1.29, 1.82) is 0 Å². The summed E-state index contributed by atoms with van der Waals surface area (Å²) in [6, 6.07) is 3.85. The van der Waals surface area contributed by atoms with Gasteiger partial charge in [-0.25, -0.2) is 0 Å². The summed E-state index contributed by atoms with van der Waals surface area (Å²) >= 11 is 9.65. The van der Waals surface area contributed by atoms with Gasteiger partial charge in [-0.3, -0.25) is 0 Å². The van der Waals surface area contributed by atoms with Crippen LogP contribution in [0.15, 0.2) is 12.1 Å². The Labute approximate surface area is 123 Å². The maximum Gasteiger partial charge on any atom is 0.179 e. The molecule has 4 heteroatoms. The third kappa shape index (κ3) is 4.06. The van der Waals surface area contributed by atoms with E-state index in [-0.39, 0.29) is 0 Å². The van der Waals surface area contributed by atoms with Gasteiger partial charge >= 0.3 is 0 Å². The van der Waals surface area contributed by atoms with Crippen molar-refractivity contribution in [2.24, 2.45) is 5.92 Å². The Kier molecular flexibility index (Phi) is 6.87. The Balaban J connectivity index is 2.87. The fraction of sp³-hybridized carbons (Fsp3) is 0.571. The second-order valence-electron chi connectivity index (χ2n) is 4.24. The zero-order valence-corrected chi connectivity index (χ0v) is 13.5. The third-order valence-electron chi connectivity index (χ3n) is 3.06. The Morgan fingerprint density at radius 3 is 2.44 bits per heavy atom. The fourth-order valence-electron chi connectivity index (χ4n) is 1.72. The number of benzene rings is 1. The summed E-state index contributed by atoms with van der Waals surface area (Å²) in [5.41, 5.74) is 1.08. The van der Waals surface area contributed by atoms with E-state index < -0.39 is 0 Å². The van der Waals surface area contributed by atoms with Crippen LogP contribution in [0.4, 0.5) is 0 Å². The molecule has 0 spiro atoms. The molecule has 0 aliphatic heterocycles. The molecule has 0 aliphatic carbocycles. The van der Waals surface area contributed by atoms with Crippen LogP contribution in [-0.4, -0.2) is 13.7 Å². The van der Waals surface area contributed by atoms with Crippen molar-refractivity contribution in [2.45, 2.75) is 32.0 Å². The number of hydrogen-bond acceptors (Lipinski definition) is 2. The van der Waals surface area contributed by atoms with E-state index in [4.69, 9.17) is 21.1 Å². The molecule has 0 saturated carbocycles. The normalized spacial score (nSPS) is 10.8. The summed E-state index contributed by atoms with van der Waals surface area (Å²) in [5, 5.41) is 1.35. The molecule has 0 saturated heterocycles. The molecule has 0 atom stereocenters. The lowest BCUT2D eigenvalue weighted by molar-refractivity contribution is 0.231. The molecule has 0 fully saturated rings. The predicted molar refractivity (Wildman–Crippen MR) is 80.2 cm³/mol. The van der Waals surface area contributed by atoms with Gasteiger partial charge in [-0.15, -0.1) is 0 Å². The van der Waals surface area contributed by atoms with E-state index in [0.29, 0.717) is 29.0 Å². The van der Waals surface area contributed by atoms with Crippen LogP contribution >= 0.6 is 27.5 Å². The smallest absolute Gasteiger partial charge is 0.179 e. The van der Waals surface area contributed by atoms with E-state index in [0.717, 1.165) is 23.7 Å². The number of halogens is 2. The van der Waals surface area contributed by atoms with Gasteiger partial charge in [0.15, 0.2) is 11.5 Å². The first-order valence-electron chi connectivity index (χ1n) is 6.21. The lowest BCUT2D eigenvalue weighted by Gasteiger charge is -2.17. The highest BCUT2D eigenvalue weighted by atomic mass is 79.9. The van der Waals surface area contributed by atoms with Crippen LogP contribution in [0.1, 0.15) is 32.3 Å². The van der Waals surface area contributed by atoms with Crippen LogP contribution in [0.5, 0.6) is 11.5 Å². The minimum Gasteiger partial charge on any atom is -0.493 e. The quantitative estimate of drug-likeness (QED) is 0.648. The van der Waals surface area contributed by atoms with E-state index in [9.17, 15) is 0 Å². The fourth-order valence-corrected chi connectivity index (χ4v) is 2.33. The van der Waals surface area contributed by atoms with Crippen LogP contribution in [0, 0.1) is 5.92 Å². The molecule has 1 rings (SSSR count).